The van der Waals surface area contributed by atoms with E-state index in [0.717, 1.165) is 17.1 Å². The monoisotopic (exact) mass is 362 g/mol. The van der Waals surface area contributed by atoms with Gasteiger partial charge in [-0.1, -0.05) is 10.3 Å². The van der Waals surface area contributed by atoms with Crippen molar-refractivity contribution in [3.8, 4) is 0 Å². The minimum atomic E-state index is -0.148. The van der Waals surface area contributed by atoms with E-state index in [9.17, 15) is 4.79 Å². The Morgan fingerprint density at radius 3 is 2.71 bits per heavy atom. The van der Waals surface area contributed by atoms with Gasteiger partial charge in [0, 0.05) is 11.3 Å². The van der Waals surface area contributed by atoms with Gasteiger partial charge in [0.25, 0.3) is 0 Å². The summed E-state index contributed by atoms with van der Waals surface area (Å²) < 4.78 is 4.65. The maximum Gasteiger partial charge on any atom is 0.226 e. The predicted octanol–water partition coefficient (Wildman–Crippen LogP) is 3.16. The fourth-order valence-corrected chi connectivity index (χ4v) is 3.95. The van der Waals surface area contributed by atoms with Crippen molar-refractivity contribution < 1.29 is 9.42 Å². The lowest BCUT2D eigenvalue weighted by atomic mass is 10.1. The fraction of sp³-hybridized carbons (Fsp3) is 0.375. The summed E-state index contributed by atoms with van der Waals surface area (Å²) in [5.74, 6) is -0.112. The second kappa shape index (κ2) is 7.23. The summed E-state index contributed by atoms with van der Waals surface area (Å²) in [7, 11) is 0. The van der Waals surface area contributed by atoms with Crippen LogP contribution in [0.15, 0.2) is 21.5 Å². The van der Waals surface area contributed by atoms with Gasteiger partial charge in [-0.05, 0) is 43.2 Å². The molecular weight excluding hydrogens is 344 g/mol. The summed E-state index contributed by atoms with van der Waals surface area (Å²) in [6.07, 6.45) is 0.872. The van der Waals surface area contributed by atoms with Gasteiger partial charge < -0.3 is 5.32 Å². The number of aryl methyl sites for hydroxylation is 3. The second-order valence-electron chi connectivity index (χ2n) is 5.62. The smallest absolute Gasteiger partial charge is 0.226 e. The number of rotatable bonds is 6. The first-order valence-corrected chi connectivity index (χ1v) is 9.31. The van der Waals surface area contributed by atoms with Crippen LogP contribution in [0.25, 0.3) is 0 Å². The normalized spacial score (nSPS) is 12.3. The highest BCUT2D eigenvalue weighted by atomic mass is 32.1. The molecule has 0 saturated heterocycles. The zero-order chi connectivity index (χ0) is 17.1. The van der Waals surface area contributed by atoms with Crippen LogP contribution < -0.4 is 5.32 Å². The van der Waals surface area contributed by atoms with Crippen LogP contribution in [-0.4, -0.2) is 21.2 Å². The molecule has 0 aliphatic rings. The summed E-state index contributed by atoms with van der Waals surface area (Å²) in [5.41, 5.74) is 3.40. The van der Waals surface area contributed by atoms with Gasteiger partial charge in [-0.15, -0.1) is 11.3 Å². The molecule has 126 valence electrons. The molecule has 3 rings (SSSR count). The van der Waals surface area contributed by atoms with E-state index in [1.807, 2.05) is 19.2 Å². The Labute approximate surface area is 147 Å². The molecule has 1 N–H and O–H groups in total. The number of carbonyl (C=O) groups excluding carboxylic acids is 1. The van der Waals surface area contributed by atoms with Crippen LogP contribution in [0.3, 0.4) is 0 Å². The van der Waals surface area contributed by atoms with Crippen molar-refractivity contribution in [3.63, 3.8) is 0 Å². The lowest BCUT2D eigenvalue weighted by Gasteiger charge is -2.16. The molecule has 3 aromatic rings. The Hall–Kier alpha value is -2.06. The highest BCUT2D eigenvalue weighted by molar-refractivity contribution is 7.11. The van der Waals surface area contributed by atoms with Crippen molar-refractivity contribution in [1.29, 1.82) is 0 Å². The van der Waals surface area contributed by atoms with Gasteiger partial charge in [0.05, 0.1) is 18.2 Å². The van der Waals surface area contributed by atoms with Crippen molar-refractivity contribution in [2.45, 2.75) is 39.7 Å². The van der Waals surface area contributed by atoms with Crippen LogP contribution in [0.2, 0.25) is 0 Å². The zero-order valence-electron chi connectivity index (χ0n) is 13.7. The van der Waals surface area contributed by atoms with E-state index in [-0.39, 0.29) is 18.4 Å². The number of carbonyl (C=O) groups is 1. The third-order valence-electron chi connectivity index (χ3n) is 3.77. The Morgan fingerprint density at radius 2 is 2.12 bits per heavy atom. The van der Waals surface area contributed by atoms with Crippen LogP contribution >= 0.6 is 22.7 Å². The molecule has 3 aromatic heterocycles. The molecule has 0 bridgehead atoms. The second-order valence-corrected chi connectivity index (χ2v) is 7.64. The highest BCUT2D eigenvalue weighted by Crippen LogP contribution is 2.26. The van der Waals surface area contributed by atoms with Crippen molar-refractivity contribution in [1.82, 2.24) is 20.6 Å². The summed E-state index contributed by atoms with van der Waals surface area (Å²) in [6, 6.07) is 1.92. The molecule has 1 atom stereocenters. The molecular formula is C16H18N4O2S2. The molecule has 1 amide bonds. The van der Waals surface area contributed by atoms with E-state index >= 15 is 0 Å². The van der Waals surface area contributed by atoms with Crippen LogP contribution in [-0.2, 0) is 17.6 Å². The number of hydrogen-bond donors (Lipinski definition) is 1. The van der Waals surface area contributed by atoms with Gasteiger partial charge in [-0.2, -0.15) is 11.3 Å². The molecule has 24 heavy (non-hydrogen) atoms. The van der Waals surface area contributed by atoms with Crippen LogP contribution in [0.1, 0.15) is 38.6 Å². The number of hydrogen-bond acceptors (Lipinski definition) is 7. The van der Waals surface area contributed by atoms with Crippen LogP contribution in [0.5, 0.6) is 0 Å². The number of aromatic nitrogens is 3. The van der Waals surface area contributed by atoms with Gasteiger partial charge in [-0.25, -0.2) is 9.61 Å². The minimum Gasteiger partial charge on any atom is -0.346 e. The Balaban J connectivity index is 1.76. The van der Waals surface area contributed by atoms with Crippen LogP contribution in [0.4, 0.5) is 0 Å². The van der Waals surface area contributed by atoms with E-state index in [1.54, 1.807) is 29.6 Å². The molecule has 0 radical (unpaired) electrons. The number of nitrogens with one attached hydrogen (secondary N) is 1. The average molecular weight is 362 g/mol. The van der Waals surface area contributed by atoms with E-state index in [2.05, 4.69) is 36.7 Å². The van der Waals surface area contributed by atoms with Gasteiger partial charge in [0.15, 0.2) is 0 Å². The topological polar surface area (TPSA) is 80.9 Å². The SMILES string of the molecule is Cc1nonc1CC(=O)N[C@H](Cc1ccsc1)c1nc(C)c(C)s1. The third kappa shape index (κ3) is 3.88. The molecule has 3 heterocycles. The standard InChI is InChI=1S/C16H18N4O2S2/c1-9-11(3)24-16(17-9)14(6-12-4-5-23-8-12)18-15(21)7-13-10(2)19-22-20-13/h4-5,8,14H,6-7H2,1-3H3,(H,18,21)/t14-/m1/s1. The van der Waals surface area contributed by atoms with Crippen molar-refractivity contribution in [3.05, 3.63) is 49.4 Å². The van der Waals surface area contributed by atoms with Gasteiger partial charge in [0.1, 0.15) is 16.4 Å². The zero-order valence-corrected chi connectivity index (χ0v) is 15.3. The van der Waals surface area contributed by atoms with Gasteiger partial charge in [-0.3, -0.25) is 4.79 Å². The number of nitrogens with zero attached hydrogens (tertiary/aromatic N) is 3. The van der Waals surface area contributed by atoms with Crippen LogP contribution in [0, 0.1) is 20.8 Å². The molecule has 0 fully saturated rings. The van der Waals surface area contributed by atoms with E-state index in [0.29, 0.717) is 11.4 Å². The van der Waals surface area contributed by atoms with Crippen molar-refractivity contribution in [2.24, 2.45) is 0 Å². The van der Waals surface area contributed by atoms with E-state index in [1.165, 1.54) is 10.4 Å². The molecule has 0 unspecified atom stereocenters. The first kappa shape index (κ1) is 16.8. The average Bonchev–Trinajstić information content (AvgIpc) is 3.24. The summed E-state index contributed by atoms with van der Waals surface area (Å²) in [5, 5.41) is 15.6. The summed E-state index contributed by atoms with van der Waals surface area (Å²) >= 11 is 3.28. The quantitative estimate of drug-likeness (QED) is 0.728. The Morgan fingerprint density at radius 1 is 1.29 bits per heavy atom. The number of amides is 1. The first-order chi connectivity index (χ1) is 11.5. The predicted molar refractivity (Wildman–Crippen MR) is 93.2 cm³/mol. The molecule has 0 spiro atoms. The van der Waals surface area contributed by atoms with E-state index in [4.69, 9.17) is 0 Å². The van der Waals surface area contributed by atoms with Gasteiger partial charge in [0.2, 0.25) is 5.91 Å². The first-order valence-electron chi connectivity index (χ1n) is 7.55. The minimum absolute atomic E-state index is 0.112. The van der Waals surface area contributed by atoms with Crippen molar-refractivity contribution >= 4 is 28.6 Å². The molecule has 8 heteroatoms. The summed E-state index contributed by atoms with van der Waals surface area (Å²) in [4.78, 5) is 18.2. The molecule has 0 aliphatic carbocycles. The third-order valence-corrected chi connectivity index (χ3v) is 5.69. The molecule has 0 aliphatic heterocycles. The number of thiazole rings is 1. The fourth-order valence-electron chi connectivity index (χ4n) is 2.30. The number of thiophene rings is 1. The van der Waals surface area contributed by atoms with Gasteiger partial charge >= 0.3 is 0 Å². The summed E-state index contributed by atoms with van der Waals surface area (Å²) in [6.45, 7) is 5.81. The molecule has 6 nitrogen and oxygen atoms in total. The largest absolute Gasteiger partial charge is 0.346 e. The Bertz CT molecular complexity index is 804. The van der Waals surface area contributed by atoms with E-state index < -0.39 is 0 Å². The lowest BCUT2D eigenvalue weighted by molar-refractivity contribution is -0.121. The highest BCUT2D eigenvalue weighted by Gasteiger charge is 2.21. The maximum absolute atomic E-state index is 12.4. The Kier molecular flexibility index (Phi) is 5.06. The molecule has 0 aromatic carbocycles. The maximum atomic E-state index is 12.4. The lowest BCUT2D eigenvalue weighted by Crippen LogP contribution is -2.31. The molecule has 0 saturated carbocycles. The van der Waals surface area contributed by atoms with Crippen molar-refractivity contribution in [2.75, 3.05) is 0 Å².